The van der Waals surface area contributed by atoms with Gasteiger partial charge in [-0.25, -0.2) is 0 Å². The van der Waals surface area contributed by atoms with Crippen LogP contribution < -0.4 is 5.32 Å². The number of hydrogen-bond donors (Lipinski definition) is 1. The zero-order valence-corrected chi connectivity index (χ0v) is 16.0. The van der Waals surface area contributed by atoms with E-state index in [2.05, 4.69) is 61.1 Å². The van der Waals surface area contributed by atoms with Crippen LogP contribution in [-0.2, 0) is 0 Å². The molecule has 130 valence electrons. The number of halogens is 1. The van der Waals surface area contributed by atoms with Crippen molar-refractivity contribution in [3.8, 4) is 11.3 Å². The van der Waals surface area contributed by atoms with Crippen molar-refractivity contribution >= 4 is 17.4 Å². The maximum absolute atomic E-state index is 5.95. The third-order valence-electron chi connectivity index (χ3n) is 4.42. The number of aryl methyl sites for hydroxylation is 1. The van der Waals surface area contributed by atoms with Gasteiger partial charge in [-0.15, -0.1) is 10.2 Å². The van der Waals surface area contributed by atoms with E-state index >= 15 is 0 Å². The van der Waals surface area contributed by atoms with Gasteiger partial charge in [-0.05, 0) is 57.6 Å². The van der Waals surface area contributed by atoms with Crippen LogP contribution in [0.5, 0.6) is 0 Å². The second-order valence-corrected chi connectivity index (χ2v) is 7.04. The van der Waals surface area contributed by atoms with E-state index in [9.17, 15) is 0 Å². The van der Waals surface area contributed by atoms with Gasteiger partial charge in [0.15, 0.2) is 0 Å². The average molecular weight is 347 g/mol. The molecule has 0 spiro atoms. The van der Waals surface area contributed by atoms with E-state index in [0.717, 1.165) is 47.3 Å². The standard InChI is InChI=1S/C19H27ClN4/c1-6-24(7-2)19(4,5)13-21-17-12-14(3)18(23-22-17)15-8-10-16(20)11-9-15/h8-12H,6-7,13H2,1-5H3,(H,21,22). The summed E-state index contributed by atoms with van der Waals surface area (Å²) in [6, 6.07) is 9.73. The summed E-state index contributed by atoms with van der Waals surface area (Å²) in [6.45, 7) is 13.8. The molecule has 0 radical (unpaired) electrons. The first-order valence-electron chi connectivity index (χ1n) is 8.46. The van der Waals surface area contributed by atoms with Crippen molar-refractivity contribution in [1.82, 2.24) is 15.1 Å². The molecule has 2 aromatic rings. The van der Waals surface area contributed by atoms with Crippen molar-refractivity contribution in [2.75, 3.05) is 25.0 Å². The highest BCUT2D eigenvalue weighted by molar-refractivity contribution is 6.30. The highest BCUT2D eigenvalue weighted by Crippen LogP contribution is 2.24. The first-order chi connectivity index (χ1) is 11.4. The van der Waals surface area contributed by atoms with Crippen molar-refractivity contribution in [2.24, 2.45) is 0 Å². The fourth-order valence-electron chi connectivity index (χ4n) is 2.96. The van der Waals surface area contributed by atoms with Gasteiger partial charge in [0.2, 0.25) is 0 Å². The maximum atomic E-state index is 5.95. The van der Waals surface area contributed by atoms with Crippen LogP contribution in [0.1, 0.15) is 33.3 Å². The lowest BCUT2D eigenvalue weighted by Crippen LogP contribution is -2.48. The van der Waals surface area contributed by atoms with Gasteiger partial charge in [-0.2, -0.15) is 0 Å². The quantitative estimate of drug-likeness (QED) is 0.793. The molecular weight excluding hydrogens is 320 g/mol. The van der Waals surface area contributed by atoms with Crippen LogP contribution in [0.2, 0.25) is 5.02 Å². The SMILES string of the molecule is CCN(CC)C(C)(C)CNc1cc(C)c(-c2ccc(Cl)cc2)nn1. The second-order valence-electron chi connectivity index (χ2n) is 6.61. The molecule has 1 N–H and O–H groups in total. The number of benzene rings is 1. The summed E-state index contributed by atoms with van der Waals surface area (Å²) < 4.78 is 0. The van der Waals surface area contributed by atoms with E-state index in [-0.39, 0.29) is 5.54 Å². The summed E-state index contributed by atoms with van der Waals surface area (Å²) >= 11 is 5.95. The van der Waals surface area contributed by atoms with Crippen LogP contribution in [0.15, 0.2) is 30.3 Å². The zero-order chi connectivity index (χ0) is 17.7. The van der Waals surface area contributed by atoms with Gasteiger partial charge in [-0.3, -0.25) is 4.90 Å². The van der Waals surface area contributed by atoms with E-state index in [1.165, 1.54) is 0 Å². The van der Waals surface area contributed by atoms with E-state index < -0.39 is 0 Å². The summed E-state index contributed by atoms with van der Waals surface area (Å²) in [6.07, 6.45) is 0. The molecule has 0 aliphatic heterocycles. The minimum absolute atomic E-state index is 0.0634. The predicted octanol–water partition coefficient (Wildman–Crippen LogP) is 4.64. The van der Waals surface area contributed by atoms with Crippen molar-refractivity contribution < 1.29 is 0 Å². The molecule has 0 unspecified atom stereocenters. The molecule has 2 rings (SSSR count). The number of likely N-dealkylation sites (N-methyl/N-ethyl adjacent to an activating group) is 1. The second kappa shape index (κ2) is 7.95. The van der Waals surface area contributed by atoms with Crippen molar-refractivity contribution in [3.63, 3.8) is 0 Å². The third-order valence-corrected chi connectivity index (χ3v) is 4.68. The lowest BCUT2D eigenvalue weighted by atomic mass is 10.0. The fraction of sp³-hybridized carbons (Fsp3) is 0.474. The fourth-order valence-corrected chi connectivity index (χ4v) is 3.09. The molecule has 0 saturated heterocycles. The van der Waals surface area contributed by atoms with Crippen LogP contribution in [0.25, 0.3) is 11.3 Å². The Balaban J connectivity index is 2.11. The molecule has 24 heavy (non-hydrogen) atoms. The summed E-state index contributed by atoms with van der Waals surface area (Å²) in [7, 11) is 0. The smallest absolute Gasteiger partial charge is 0.149 e. The number of aromatic nitrogens is 2. The molecule has 0 bridgehead atoms. The first-order valence-corrected chi connectivity index (χ1v) is 8.84. The van der Waals surface area contributed by atoms with Crippen LogP contribution in [0.4, 0.5) is 5.82 Å². The van der Waals surface area contributed by atoms with Gasteiger partial charge in [0.25, 0.3) is 0 Å². The van der Waals surface area contributed by atoms with E-state index in [1.54, 1.807) is 0 Å². The molecule has 0 aliphatic rings. The Morgan fingerprint density at radius 1 is 1.08 bits per heavy atom. The van der Waals surface area contributed by atoms with Gasteiger partial charge in [0.05, 0.1) is 5.69 Å². The highest BCUT2D eigenvalue weighted by Gasteiger charge is 2.24. The van der Waals surface area contributed by atoms with Gasteiger partial charge >= 0.3 is 0 Å². The molecule has 1 aromatic heterocycles. The molecule has 4 nitrogen and oxygen atoms in total. The molecule has 0 amide bonds. The van der Waals surface area contributed by atoms with Gasteiger partial charge in [0, 0.05) is 22.7 Å². The minimum Gasteiger partial charge on any atom is -0.367 e. The summed E-state index contributed by atoms with van der Waals surface area (Å²) in [5.74, 6) is 0.811. The van der Waals surface area contributed by atoms with E-state index in [0.29, 0.717) is 0 Å². The Morgan fingerprint density at radius 2 is 1.71 bits per heavy atom. The normalized spacial score (nSPS) is 11.8. The zero-order valence-electron chi connectivity index (χ0n) is 15.2. The summed E-state index contributed by atoms with van der Waals surface area (Å²) in [5, 5.41) is 12.9. The number of anilines is 1. The number of rotatable bonds is 7. The molecule has 0 fully saturated rings. The van der Waals surface area contributed by atoms with Crippen LogP contribution >= 0.6 is 11.6 Å². The summed E-state index contributed by atoms with van der Waals surface area (Å²) in [4.78, 5) is 2.43. The monoisotopic (exact) mass is 346 g/mol. The Kier molecular flexibility index (Phi) is 6.19. The Bertz CT molecular complexity index is 664. The lowest BCUT2D eigenvalue weighted by Gasteiger charge is -2.37. The Morgan fingerprint density at radius 3 is 2.25 bits per heavy atom. The molecule has 1 heterocycles. The molecule has 1 aromatic carbocycles. The molecule has 5 heteroatoms. The lowest BCUT2D eigenvalue weighted by molar-refractivity contribution is 0.147. The summed E-state index contributed by atoms with van der Waals surface area (Å²) in [5.41, 5.74) is 3.07. The average Bonchev–Trinajstić information content (AvgIpc) is 2.55. The van der Waals surface area contributed by atoms with Gasteiger partial charge < -0.3 is 5.32 Å². The van der Waals surface area contributed by atoms with Crippen molar-refractivity contribution in [2.45, 2.75) is 40.2 Å². The maximum Gasteiger partial charge on any atom is 0.149 e. The van der Waals surface area contributed by atoms with Gasteiger partial charge in [0.1, 0.15) is 5.82 Å². The number of nitrogens with zero attached hydrogens (tertiary/aromatic N) is 3. The third kappa shape index (κ3) is 4.46. The highest BCUT2D eigenvalue weighted by atomic mass is 35.5. The van der Waals surface area contributed by atoms with Crippen molar-refractivity contribution in [3.05, 3.63) is 40.9 Å². The van der Waals surface area contributed by atoms with E-state index in [4.69, 9.17) is 11.6 Å². The molecule has 0 aliphatic carbocycles. The number of nitrogens with one attached hydrogen (secondary N) is 1. The van der Waals surface area contributed by atoms with Crippen LogP contribution in [0, 0.1) is 6.92 Å². The molecular formula is C19H27ClN4. The van der Waals surface area contributed by atoms with Gasteiger partial charge in [-0.1, -0.05) is 37.6 Å². The Labute approximate surface area is 150 Å². The van der Waals surface area contributed by atoms with Crippen LogP contribution in [-0.4, -0.2) is 40.3 Å². The first kappa shape index (κ1) is 18.7. The number of hydrogen-bond acceptors (Lipinski definition) is 4. The molecule has 0 saturated carbocycles. The largest absolute Gasteiger partial charge is 0.367 e. The van der Waals surface area contributed by atoms with Crippen LogP contribution in [0.3, 0.4) is 0 Å². The van der Waals surface area contributed by atoms with E-state index in [1.807, 2.05) is 24.3 Å². The minimum atomic E-state index is 0.0634. The predicted molar refractivity (Wildman–Crippen MR) is 103 cm³/mol. The molecule has 0 atom stereocenters. The topological polar surface area (TPSA) is 41.0 Å². The van der Waals surface area contributed by atoms with Crippen molar-refractivity contribution in [1.29, 1.82) is 0 Å². The Hall–Kier alpha value is -1.65.